The molecule has 0 amide bonds. The molecule has 0 fully saturated rings. The largest absolute Gasteiger partial charge is 0.481 e. The molecular formula is C12H24N2O2S. The molecule has 0 radical (unpaired) electrons. The van der Waals surface area contributed by atoms with Crippen molar-refractivity contribution in [3.8, 4) is 0 Å². The summed E-state index contributed by atoms with van der Waals surface area (Å²) in [5.41, 5.74) is 0. The lowest BCUT2D eigenvalue weighted by Crippen LogP contribution is -2.23. The molecule has 0 atom stereocenters. The molecule has 0 bridgehead atoms. The zero-order valence-electron chi connectivity index (χ0n) is 11.1. The number of hydrogen-bond donors (Lipinski definition) is 1. The van der Waals surface area contributed by atoms with Crippen LogP contribution < -0.4 is 0 Å². The summed E-state index contributed by atoms with van der Waals surface area (Å²) in [4.78, 5) is 14.3. The second kappa shape index (κ2) is 10.3. The van der Waals surface area contributed by atoms with Crippen LogP contribution in [0.25, 0.3) is 0 Å². The molecule has 1 rings (SSSR count). The Morgan fingerprint density at radius 1 is 1.47 bits per heavy atom. The van der Waals surface area contributed by atoms with Gasteiger partial charge < -0.3 is 14.9 Å². The van der Waals surface area contributed by atoms with Crippen molar-refractivity contribution in [2.75, 3.05) is 32.3 Å². The Hall–Kier alpha value is -0.840. The van der Waals surface area contributed by atoms with Gasteiger partial charge in [-0.3, -0.25) is 4.79 Å². The fourth-order valence-electron chi connectivity index (χ4n) is 1.28. The average Bonchev–Trinajstić information content (AvgIpc) is 2.70. The van der Waals surface area contributed by atoms with Gasteiger partial charge in [-0.2, -0.15) is 11.8 Å². The van der Waals surface area contributed by atoms with E-state index in [-0.39, 0.29) is 6.42 Å². The highest BCUT2D eigenvalue weighted by molar-refractivity contribution is 7.98. The zero-order valence-corrected chi connectivity index (χ0v) is 11.9. The van der Waals surface area contributed by atoms with E-state index in [1.165, 1.54) is 19.4 Å². The molecule has 0 spiro atoms. The van der Waals surface area contributed by atoms with Crippen LogP contribution >= 0.6 is 11.8 Å². The van der Waals surface area contributed by atoms with Crippen molar-refractivity contribution < 1.29 is 9.90 Å². The van der Waals surface area contributed by atoms with Gasteiger partial charge in [0.15, 0.2) is 0 Å². The third kappa shape index (κ3) is 10.1. The highest BCUT2D eigenvalue weighted by atomic mass is 32.2. The Bertz CT molecular complexity index is 235. The van der Waals surface area contributed by atoms with Crippen molar-refractivity contribution >= 4 is 17.7 Å². The molecule has 100 valence electrons. The third-order valence-electron chi connectivity index (χ3n) is 2.26. The second-order valence-electron chi connectivity index (χ2n) is 4.00. The molecule has 0 aromatic rings. The molecule has 1 aliphatic rings. The molecule has 0 saturated heterocycles. The van der Waals surface area contributed by atoms with Crippen molar-refractivity contribution in [1.29, 1.82) is 0 Å². The first kappa shape index (κ1) is 16.2. The maximum Gasteiger partial charge on any atom is 0.304 e. The molecule has 0 aliphatic carbocycles. The van der Waals surface area contributed by atoms with Gasteiger partial charge in [-0.05, 0) is 12.7 Å². The minimum Gasteiger partial charge on any atom is -0.481 e. The van der Waals surface area contributed by atoms with Crippen LogP contribution in [0.15, 0.2) is 12.4 Å². The van der Waals surface area contributed by atoms with Crippen LogP contribution in [0.4, 0.5) is 0 Å². The van der Waals surface area contributed by atoms with Gasteiger partial charge in [0.2, 0.25) is 0 Å². The Labute approximate surface area is 109 Å². The standard InChI is InChI=1S/C8H16N2.C4H8O2S/c1-3-4-5-10-7-6-9(2)8-10;1-7-3-2-4(5)6/h6-7H,3-5,8H2,1-2H3;2-3H2,1H3,(H,5,6). The Balaban J connectivity index is 0.000000325. The van der Waals surface area contributed by atoms with Crippen molar-refractivity contribution in [3.63, 3.8) is 0 Å². The van der Waals surface area contributed by atoms with Crippen LogP contribution in [0.1, 0.15) is 26.2 Å². The van der Waals surface area contributed by atoms with Gasteiger partial charge in [-0.1, -0.05) is 13.3 Å². The van der Waals surface area contributed by atoms with E-state index in [1.807, 2.05) is 6.26 Å². The van der Waals surface area contributed by atoms with Crippen molar-refractivity contribution in [1.82, 2.24) is 9.80 Å². The third-order valence-corrected chi connectivity index (χ3v) is 2.87. The maximum atomic E-state index is 9.74. The van der Waals surface area contributed by atoms with E-state index in [9.17, 15) is 4.79 Å². The van der Waals surface area contributed by atoms with E-state index in [0.717, 1.165) is 12.4 Å². The van der Waals surface area contributed by atoms with E-state index >= 15 is 0 Å². The number of carbonyl (C=O) groups is 1. The highest BCUT2D eigenvalue weighted by Crippen LogP contribution is 2.04. The van der Waals surface area contributed by atoms with Crippen molar-refractivity contribution in [2.45, 2.75) is 26.2 Å². The van der Waals surface area contributed by atoms with Crippen LogP contribution in [0.5, 0.6) is 0 Å². The summed E-state index contributed by atoms with van der Waals surface area (Å²) in [7, 11) is 2.10. The van der Waals surface area contributed by atoms with Crippen LogP contribution in [0.2, 0.25) is 0 Å². The van der Waals surface area contributed by atoms with Crippen LogP contribution in [0.3, 0.4) is 0 Å². The molecule has 1 N–H and O–H groups in total. The molecule has 17 heavy (non-hydrogen) atoms. The fraction of sp³-hybridized carbons (Fsp3) is 0.750. The fourth-order valence-corrected chi connectivity index (χ4v) is 1.66. The topological polar surface area (TPSA) is 43.8 Å². The summed E-state index contributed by atoms with van der Waals surface area (Å²) in [6.45, 7) is 4.50. The van der Waals surface area contributed by atoms with Gasteiger partial charge >= 0.3 is 5.97 Å². The first-order valence-corrected chi connectivity index (χ1v) is 7.32. The number of carboxylic acid groups (broad SMARTS) is 1. The normalized spacial score (nSPS) is 13.6. The molecule has 0 unspecified atom stereocenters. The van der Waals surface area contributed by atoms with E-state index in [2.05, 4.69) is 36.2 Å². The van der Waals surface area contributed by atoms with Gasteiger partial charge in [-0.25, -0.2) is 0 Å². The lowest BCUT2D eigenvalue weighted by molar-refractivity contribution is -0.136. The first-order chi connectivity index (χ1) is 8.10. The average molecular weight is 260 g/mol. The van der Waals surface area contributed by atoms with E-state index < -0.39 is 5.97 Å². The number of aliphatic carboxylic acids is 1. The Morgan fingerprint density at radius 3 is 2.53 bits per heavy atom. The van der Waals surface area contributed by atoms with Crippen LogP contribution in [0, 0.1) is 0 Å². The number of hydrogen-bond acceptors (Lipinski definition) is 4. The summed E-state index contributed by atoms with van der Waals surface area (Å²) in [6, 6.07) is 0. The predicted molar refractivity (Wildman–Crippen MR) is 74.0 cm³/mol. The molecule has 1 heterocycles. The van der Waals surface area contributed by atoms with Gasteiger partial charge in [-0.15, -0.1) is 0 Å². The second-order valence-corrected chi connectivity index (χ2v) is 4.98. The molecule has 1 aliphatic heterocycles. The number of carboxylic acids is 1. The lowest BCUT2D eigenvalue weighted by Gasteiger charge is -2.17. The summed E-state index contributed by atoms with van der Waals surface area (Å²) in [5, 5.41) is 8.03. The predicted octanol–water partition coefficient (Wildman–Crippen LogP) is 2.29. The van der Waals surface area contributed by atoms with Crippen LogP contribution in [-0.2, 0) is 4.79 Å². The summed E-state index contributed by atoms with van der Waals surface area (Å²) >= 11 is 1.55. The van der Waals surface area contributed by atoms with E-state index in [4.69, 9.17) is 5.11 Å². The molecule has 0 aromatic carbocycles. The summed E-state index contributed by atoms with van der Waals surface area (Å²) in [6.07, 6.45) is 9.04. The highest BCUT2D eigenvalue weighted by Gasteiger charge is 2.05. The van der Waals surface area contributed by atoms with Crippen molar-refractivity contribution in [3.05, 3.63) is 12.4 Å². The molecule has 0 aromatic heterocycles. The van der Waals surface area contributed by atoms with Gasteiger partial charge in [0, 0.05) is 31.7 Å². The number of nitrogens with zero attached hydrogens (tertiary/aromatic N) is 2. The Kier molecular flexibility index (Phi) is 9.81. The number of rotatable bonds is 6. The molecule has 5 heteroatoms. The molecule has 0 saturated carbocycles. The minimum atomic E-state index is -0.714. The lowest BCUT2D eigenvalue weighted by atomic mass is 10.3. The van der Waals surface area contributed by atoms with Gasteiger partial charge in [0.05, 0.1) is 13.1 Å². The Morgan fingerprint density at radius 2 is 2.18 bits per heavy atom. The molecule has 4 nitrogen and oxygen atoms in total. The van der Waals surface area contributed by atoms with E-state index in [1.54, 1.807) is 11.8 Å². The summed E-state index contributed by atoms with van der Waals surface area (Å²) in [5.74, 6) is 0.00403. The monoisotopic (exact) mass is 260 g/mol. The van der Waals surface area contributed by atoms with Crippen LogP contribution in [-0.4, -0.2) is 53.1 Å². The maximum absolute atomic E-state index is 9.74. The molecular weight excluding hydrogens is 236 g/mol. The van der Waals surface area contributed by atoms with Gasteiger partial charge in [0.1, 0.15) is 0 Å². The smallest absolute Gasteiger partial charge is 0.304 e. The minimum absolute atomic E-state index is 0.279. The van der Waals surface area contributed by atoms with E-state index in [0.29, 0.717) is 0 Å². The first-order valence-electron chi connectivity index (χ1n) is 5.93. The van der Waals surface area contributed by atoms with Gasteiger partial charge in [0.25, 0.3) is 0 Å². The number of thioether (sulfide) groups is 1. The quantitative estimate of drug-likeness (QED) is 0.794. The summed E-state index contributed by atoms with van der Waals surface area (Å²) < 4.78 is 0. The SMILES string of the molecule is CCCCN1C=CN(C)C1.CSCCC(=O)O. The number of unbranched alkanes of at least 4 members (excludes halogenated alkanes) is 1. The van der Waals surface area contributed by atoms with Crippen molar-refractivity contribution in [2.24, 2.45) is 0 Å². The zero-order chi connectivity index (χ0) is 13.1.